The number of carbonyl (C=O) groups excluding carboxylic acids is 2. The van der Waals surface area contributed by atoms with Gasteiger partial charge in [-0.25, -0.2) is 4.98 Å². The Kier molecular flexibility index (Phi) is 7.82. The highest BCUT2D eigenvalue weighted by Crippen LogP contribution is 2.43. The molecule has 7 nitrogen and oxygen atoms in total. The number of nitrogens with zero attached hydrogens (tertiary/aromatic N) is 2. The van der Waals surface area contributed by atoms with Crippen LogP contribution < -0.4 is 14.4 Å². The number of carbonyl (C=O) groups is 2. The number of aromatic nitrogens is 1. The minimum atomic E-state index is -0.841. The summed E-state index contributed by atoms with van der Waals surface area (Å²) in [5, 5.41) is 13.4. The minimum Gasteiger partial charge on any atom is -0.507 e. The number of hydrogen-bond donors (Lipinski definition) is 1. The second kappa shape index (κ2) is 11.2. The van der Waals surface area contributed by atoms with E-state index in [1.54, 1.807) is 35.8 Å². The molecule has 2 aromatic carbocycles. The zero-order chi connectivity index (χ0) is 24.8. The lowest BCUT2D eigenvalue weighted by Gasteiger charge is -2.23. The Hall–Kier alpha value is -3.65. The van der Waals surface area contributed by atoms with Gasteiger partial charge in [-0.1, -0.05) is 31.9 Å². The van der Waals surface area contributed by atoms with E-state index in [-0.39, 0.29) is 11.3 Å². The number of anilines is 1. The summed E-state index contributed by atoms with van der Waals surface area (Å²) in [6.07, 6.45) is 4.69. The fourth-order valence-corrected chi connectivity index (χ4v) is 4.69. The number of aliphatic hydroxyl groups is 1. The van der Waals surface area contributed by atoms with E-state index < -0.39 is 17.7 Å². The Labute approximate surface area is 208 Å². The second-order valence-corrected chi connectivity index (χ2v) is 8.94. The molecule has 0 bridgehead atoms. The normalized spacial score (nSPS) is 17.1. The first-order valence-corrected chi connectivity index (χ1v) is 12.6. The summed E-state index contributed by atoms with van der Waals surface area (Å²) in [4.78, 5) is 32.0. The Bertz CT molecular complexity index is 1200. The summed E-state index contributed by atoms with van der Waals surface area (Å²) < 4.78 is 11.4. The maximum Gasteiger partial charge on any atom is 0.301 e. The molecule has 1 saturated heterocycles. The first-order valence-electron chi connectivity index (χ1n) is 11.7. The van der Waals surface area contributed by atoms with Crippen molar-refractivity contribution in [3.8, 4) is 11.5 Å². The van der Waals surface area contributed by atoms with Crippen LogP contribution in [0.2, 0.25) is 0 Å². The largest absolute Gasteiger partial charge is 0.507 e. The van der Waals surface area contributed by atoms with Gasteiger partial charge in [-0.2, -0.15) is 0 Å². The third-order valence-corrected chi connectivity index (χ3v) is 6.47. The van der Waals surface area contributed by atoms with Crippen LogP contribution in [0, 0.1) is 0 Å². The quantitative estimate of drug-likeness (QED) is 0.168. The molecule has 0 radical (unpaired) electrons. The van der Waals surface area contributed by atoms with E-state index in [9.17, 15) is 14.7 Å². The van der Waals surface area contributed by atoms with E-state index in [1.807, 2.05) is 31.2 Å². The Morgan fingerprint density at radius 2 is 1.86 bits per heavy atom. The Balaban J connectivity index is 1.77. The minimum absolute atomic E-state index is 0.0116. The van der Waals surface area contributed by atoms with Crippen LogP contribution >= 0.6 is 11.3 Å². The molecule has 1 N–H and O–H groups in total. The maximum absolute atomic E-state index is 13.2. The van der Waals surface area contributed by atoms with E-state index >= 15 is 0 Å². The smallest absolute Gasteiger partial charge is 0.301 e. The molecule has 1 amide bonds. The van der Waals surface area contributed by atoms with Crippen LogP contribution in [0.3, 0.4) is 0 Å². The monoisotopic (exact) mass is 492 g/mol. The maximum atomic E-state index is 13.2. The summed E-state index contributed by atoms with van der Waals surface area (Å²) in [6.45, 7) is 5.11. The van der Waals surface area contributed by atoms with Crippen molar-refractivity contribution < 1.29 is 24.2 Å². The predicted molar refractivity (Wildman–Crippen MR) is 136 cm³/mol. The van der Waals surface area contributed by atoms with Gasteiger partial charge in [-0.15, -0.1) is 11.3 Å². The van der Waals surface area contributed by atoms with Gasteiger partial charge >= 0.3 is 5.91 Å². The molecule has 1 aliphatic rings. The van der Waals surface area contributed by atoms with Gasteiger partial charge < -0.3 is 14.6 Å². The van der Waals surface area contributed by atoms with Gasteiger partial charge in [0.15, 0.2) is 5.13 Å². The zero-order valence-electron chi connectivity index (χ0n) is 19.8. The molecule has 1 aliphatic heterocycles. The molecule has 2 heterocycles. The molecule has 0 saturated carbocycles. The van der Waals surface area contributed by atoms with Gasteiger partial charge in [0.25, 0.3) is 5.78 Å². The SMILES string of the molecule is CCCCCOc1cccc(C2/C(=C(\O)c3ccc(OCC)cc3)C(=O)C(=O)N2c2nccs2)c1. The molecule has 3 aromatic rings. The van der Waals surface area contributed by atoms with Crippen LogP contribution in [-0.2, 0) is 9.59 Å². The predicted octanol–water partition coefficient (Wildman–Crippen LogP) is 5.74. The first kappa shape index (κ1) is 24.5. The molecule has 1 aromatic heterocycles. The van der Waals surface area contributed by atoms with Crippen molar-refractivity contribution in [1.29, 1.82) is 0 Å². The van der Waals surface area contributed by atoms with Crippen molar-refractivity contribution in [2.24, 2.45) is 0 Å². The van der Waals surface area contributed by atoms with Crippen molar-refractivity contribution >= 4 is 33.9 Å². The first-order chi connectivity index (χ1) is 17.0. The average Bonchev–Trinajstić information content (AvgIpc) is 3.49. The van der Waals surface area contributed by atoms with Gasteiger partial charge in [0.2, 0.25) is 0 Å². The number of ether oxygens (including phenoxy) is 2. The molecule has 1 fully saturated rings. The van der Waals surface area contributed by atoms with Crippen LogP contribution in [0.5, 0.6) is 11.5 Å². The number of benzene rings is 2. The Morgan fingerprint density at radius 3 is 2.54 bits per heavy atom. The van der Waals surface area contributed by atoms with E-state index in [2.05, 4.69) is 11.9 Å². The molecule has 4 rings (SSSR count). The van der Waals surface area contributed by atoms with Crippen molar-refractivity contribution in [1.82, 2.24) is 4.98 Å². The van der Waals surface area contributed by atoms with Gasteiger partial charge in [0, 0.05) is 17.1 Å². The summed E-state index contributed by atoms with van der Waals surface area (Å²) in [5.41, 5.74) is 1.08. The molecule has 1 unspecified atom stereocenters. The van der Waals surface area contributed by atoms with Crippen LogP contribution in [-0.4, -0.2) is 35.0 Å². The molecule has 0 aliphatic carbocycles. The molecule has 35 heavy (non-hydrogen) atoms. The van der Waals surface area contributed by atoms with Gasteiger partial charge in [0.05, 0.1) is 24.8 Å². The standard InChI is InChI=1S/C27H28N2O5S/c1-3-5-6-15-34-21-9-7-8-19(17-21)23-22(24(30)18-10-12-20(13-11-18)33-4-2)25(31)26(32)29(23)27-28-14-16-35-27/h7-14,16-17,23,30H,3-6,15H2,1-2H3/b24-22+. The second-order valence-electron chi connectivity index (χ2n) is 8.07. The van der Waals surface area contributed by atoms with E-state index in [4.69, 9.17) is 9.47 Å². The number of amides is 1. The molecule has 8 heteroatoms. The van der Waals surface area contributed by atoms with Crippen molar-refractivity contribution in [3.05, 3.63) is 76.8 Å². The summed E-state index contributed by atoms with van der Waals surface area (Å²) in [5.74, 6) is -0.441. The third kappa shape index (κ3) is 5.22. The van der Waals surface area contributed by atoms with Gasteiger partial charge in [-0.05, 0) is 55.3 Å². The fraction of sp³-hybridized carbons (Fsp3) is 0.296. The lowest BCUT2D eigenvalue weighted by atomic mass is 9.95. The van der Waals surface area contributed by atoms with Crippen LogP contribution in [0.15, 0.2) is 65.7 Å². The van der Waals surface area contributed by atoms with Crippen LogP contribution in [0.4, 0.5) is 5.13 Å². The molecule has 1 atom stereocenters. The molecular formula is C27H28N2O5S. The molecule has 0 spiro atoms. The van der Waals surface area contributed by atoms with E-state index in [1.165, 1.54) is 16.2 Å². The fourth-order valence-electron chi connectivity index (χ4n) is 4.03. The van der Waals surface area contributed by atoms with Crippen molar-refractivity contribution in [2.75, 3.05) is 18.1 Å². The number of aliphatic hydroxyl groups excluding tert-OH is 1. The van der Waals surface area contributed by atoms with Gasteiger partial charge in [0.1, 0.15) is 17.3 Å². The summed E-state index contributed by atoms with van der Waals surface area (Å²) >= 11 is 1.25. The van der Waals surface area contributed by atoms with E-state index in [0.717, 1.165) is 19.3 Å². The molecule has 182 valence electrons. The number of Topliss-reactive ketones (excluding diaryl/α,β-unsaturated/α-hetero) is 1. The van der Waals surface area contributed by atoms with Crippen LogP contribution in [0.1, 0.15) is 50.3 Å². The topological polar surface area (TPSA) is 89.0 Å². The summed E-state index contributed by atoms with van der Waals surface area (Å²) in [7, 11) is 0. The number of ketones is 1. The molecular weight excluding hydrogens is 464 g/mol. The number of rotatable bonds is 10. The lowest BCUT2D eigenvalue weighted by molar-refractivity contribution is -0.132. The highest BCUT2D eigenvalue weighted by molar-refractivity contribution is 7.14. The highest BCUT2D eigenvalue weighted by atomic mass is 32.1. The van der Waals surface area contributed by atoms with Crippen LogP contribution in [0.25, 0.3) is 5.76 Å². The van der Waals surface area contributed by atoms with Gasteiger partial charge in [-0.3, -0.25) is 14.5 Å². The van der Waals surface area contributed by atoms with E-state index in [0.29, 0.717) is 41.0 Å². The third-order valence-electron chi connectivity index (χ3n) is 5.70. The number of thiazole rings is 1. The summed E-state index contributed by atoms with van der Waals surface area (Å²) in [6, 6.07) is 13.2. The highest BCUT2D eigenvalue weighted by Gasteiger charge is 2.48. The van der Waals surface area contributed by atoms with Crippen molar-refractivity contribution in [2.45, 2.75) is 39.2 Å². The number of unbranched alkanes of at least 4 members (excludes halogenated alkanes) is 2. The Morgan fingerprint density at radius 1 is 1.06 bits per heavy atom. The average molecular weight is 493 g/mol. The lowest BCUT2D eigenvalue weighted by Crippen LogP contribution is -2.29. The van der Waals surface area contributed by atoms with Crippen molar-refractivity contribution in [3.63, 3.8) is 0 Å². The number of hydrogen-bond acceptors (Lipinski definition) is 7. The zero-order valence-corrected chi connectivity index (χ0v) is 20.6.